The van der Waals surface area contributed by atoms with E-state index in [1.807, 2.05) is 50.2 Å². The van der Waals surface area contributed by atoms with Crippen molar-refractivity contribution in [1.82, 2.24) is 0 Å². The molecular formula is C20H20O4. The fraction of sp³-hybridized carbons (Fsp3) is 0.250. The van der Waals surface area contributed by atoms with E-state index < -0.39 is 11.6 Å². The number of methoxy groups -OCH3 is 1. The molecule has 0 spiro atoms. The molecule has 0 fully saturated rings. The molecule has 0 saturated carbocycles. The lowest BCUT2D eigenvalue weighted by atomic mass is 9.83. The Labute approximate surface area is 141 Å². The summed E-state index contributed by atoms with van der Waals surface area (Å²) >= 11 is 0. The Kier molecular flexibility index (Phi) is 4.16. The summed E-state index contributed by atoms with van der Waals surface area (Å²) in [7, 11) is 1.32. The van der Waals surface area contributed by atoms with Gasteiger partial charge in [0, 0.05) is 5.56 Å². The second-order valence-electron chi connectivity index (χ2n) is 6.01. The van der Waals surface area contributed by atoms with Gasteiger partial charge in [-0.3, -0.25) is 0 Å². The van der Waals surface area contributed by atoms with E-state index in [2.05, 4.69) is 0 Å². The highest BCUT2D eigenvalue weighted by Crippen LogP contribution is 2.41. The van der Waals surface area contributed by atoms with Gasteiger partial charge < -0.3 is 14.6 Å². The highest BCUT2D eigenvalue weighted by atomic mass is 16.5. The number of fused-ring (bicyclic) bond motifs is 1. The first-order valence-electron chi connectivity index (χ1n) is 7.79. The van der Waals surface area contributed by atoms with E-state index in [4.69, 9.17) is 9.47 Å². The van der Waals surface area contributed by atoms with E-state index in [0.29, 0.717) is 16.9 Å². The monoisotopic (exact) mass is 324 g/mol. The third-order valence-corrected chi connectivity index (χ3v) is 4.41. The number of esters is 1. The molecule has 1 aliphatic rings. The van der Waals surface area contributed by atoms with Gasteiger partial charge in [0.15, 0.2) is 5.60 Å². The van der Waals surface area contributed by atoms with Crippen LogP contribution in [-0.2, 0) is 15.1 Å². The highest BCUT2D eigenvalue weighted by molar-refractivity contribution is 6.00. The molecule has 1 atom stereocenters. The van der Waals surface area contributed by atoms with Gasteiger partial charge in [0.25, 0.3) is 0 Å². The maximum atomic E-state index is 12.5. The summed E-state index contributed by atoms with van der Waals surface area (Å²) in [5.74, 6) is 0.0863. The van der Waals surface area contributed by atoms with E-state index >= 15 is 0 Å². The van der Waals surface area contributed by atoms with Gasteiger partial charge in [0.1, 0.15) is 12.4 Å². The van der Waals surface area contributed by atoms with Crippen molar-refractivity contribution in [2.75, 3.05) is 13.7 Å². The predicted molar refractivity (Wildman–Crippen MR) is 91.6 cm³/mol. The van der Waals surface area contributed by atoms with Crippen LogP contribution in [0, 0.1) is 6.92 Å². The van der Waals surface area contributed by atoms with Crippen LogP contribution in [-0.4, -0.2) is 24.8 Å². The van der Waals surface area contributed by atoms with Crippen LogP contribution in [0.3, 0.4) is 0 Å². The summed E-state index contributed by atoms with van der Waals surface area (Å²) in [6, 6.07) is 14.8. The molecular weight excluding hydrogens is 304 g/mol. The molecule has 4 heteroatoms. The van der Waals surface area contributed by atoms with Crippen molar-refractivity contribution in [2.24, 2.45) is 0 Å². The molecule has 1 N–H and O–H groups in total. The number of carbonyl (C=O) groups is 1. The lowest BCUT2D eigenvalue weighted by molar-refractivity contribution is -0.139. The Morgan fingerprint density at radius 3 is 2.54 bits per heavy atom. The summed E-state index contributed by atoms with van der Waals surface area (Å²) in [5.41, 5.74) is 1.72. The summed E-state index contributed by atoms with van der Waals surface area (Å²) in [5, 5.41) is 11.4. The lowest BCUT2D eigenvalue weighted by Gasteiger charge is -2.29. The number of hydrogen-bond donors (Lipinski definition) is 1. The molecule has 24 heavy (non-hydrogen) atoms. The normalized spacial score (nSPS) is 20.0. The Balaban J connectivity index is 2.28. The topological polar surface area (TPSA) is 55.8 Å². The number of hydrogen-bond acceptors (Lipinski definition) is 4. The SMILES string of the molecule is COC(=O)C1=C(C)c2cc(C)ccc2OCC1(O)c1ccccc1. The smallest absolute Gasteiger partial charge is 0.337 e. The molecule has 3 rings (SSSR count). The standard InChI is InChI=1S/C20H20O4/c1-13-9-10-17-16(11-13)14(2)18(19(21)23-3)20(22,12-24-17)15-7-5-4-6-8-15/h4-11,22H,12H2,1-3H3. The molecule has 0 bridgehead atoms. The van der Waals surface area contributed by atoms with Crippen LogP contribution >= 0.6 is 0 Å². The highest BCUT2D eigenvalue weighted by Gasteiger charge is 2.43. The van der Waals surface area contributed by atoms with Crippen LogP contribution < -0.4 is 4.74 Å². The maximum Gasteiger partial charge on any atom is 0.337 e. The number of carbonyl (C=O) groups excluding carboxylic acids is 1. The molecule has 2 aromatic carbocycles. The Morgan fingerprint density at radius 2 is 1.88 bits per heavy atom. The minimum Gasteiger partial charge on any atom is -0.489 e. The molecule has 1 heterocycles. The molecule has 2 aromatic rings. The first-order chi connectivity index (χ1) is 11.5. The molecule has 0 saturated heterocycles. The van der Waals surface area contributed by atoms with Gasteiger partial charge in [-0.15, -0.1) is 0 Å². The van der Waals surface area contributed by atoms with Crippen molar-refractivity contribution in [1.29, 1.82) is 0 Å². The third kappa shape index (κ3) is 2.59. The van der Waals surface area contributed by atoms with E-state index in [-0.39, 0.29) is 12.2 Å². The lowest BCUT2D eigenvalue weighted by Crippen LogP contribution is -2.38. The first-order valence-corrected chi connectivity index (χ1v) is 7.79. The van der Waals surface area contributed by atoms with Crippen LogP contribution in [0.15, 0.2) is 54.1 Å². The molecule has 124 valence electrons. The van der Waals surface area contributed by atoms with Crippen molar-refractivity contribution >= 4 is 11.5 Å². The van der Waals surface area contributed by atoms with Crippen molar-refractivity contribution in [2.45, 2.75) is 19.4 Å². The second-order valence-corrected chi connectivity index (χ2v) is 6.01. The van der Waals surface area contributed by atoms with Gasteiger partial charge in [-0.2, -0.15) is 0 Å². The van der Waals surface area contributed by atoms with Gasteiger partial charge in [-0.05, 0) is 37.1 Å². The molecule has 0 radical (unpaired) electrons. The van der Waals surface area contributed by atoms with E-state index in [9.17, 15) is 9.90 Å². The second kappa shape index (κ2) is 6.13. The number of rotatable bonds is 2. The third-order valence-electron chi connectivity index (χ3n) is 4.41. The minimum absolute atomic E-state index is 0.0607. The predicted octanol–water partition coefficient (Wildman–Crippen LogP) is 3.22. The number of allylic oxidation sites excluding steroid dienone is 1. The van der Waals surface area contributed by atoms with Gasteiger partial charge in [-0.25, -0.2) is 4.79 Å². The van der Waals surface area contributed by atoms with Crippen LogP contribution in [0.5, 0.6) is 5.75 Å². The van der Waals surface area contributed by atoms with Crippen molar-refractivity contribution in [3.63, 3.8) is 0 Å². The zero-order valence-electron chi connectivity index (χ0n) is 14.0. The maximum absolute atomic E-state index is 12.5. The molecule has 0 aromatic heterocycles. The van der Waals surface area contributed by atoms with Crippen molar-refractivity contribution in [3.05, 3.63) is 70.8 Å². The molecule has 4 nitrogen and oxygen atoms in total. The van der Waals surface area contributed by atoms with E-state index in [1.165, 1.54) is 7.11 Å². The van der Waals surface area contributed by atoms with Gasteiger partial charge in [-0.1, -0.05) is 42.0 Å². The van der Waals surface area contributed by atoms with E-state index in [0.717, 1.165) is 11.1 Å². The van der Waals surface area contributed by atoms with Gasteiger partial charge in [0.2, 0.25) is 0 Å². The van der Waals surface area contributed by atoms with Gasteiger partial charge in [0.05, 0.1) is 12.7 Å². The fourth-order valence-electron chi connectivity index (χ4n) is 3.13. The van der Waals surface area contributed by atoms with Crippen LogP contribution in [0.2, 0.25) is 0 Å². The number of benzene rings is 2. The number of aryl methyl sites for hydroxylation is 1. The Bertz CT molecular complexity index is 808. The van der Waals surface area contributed by atoms with Crippen molar-refractivity contribution < 1.29 is 19.4 Å². The Hall–Kier alpha value is -2.59. The molecule has 1 aliphatic heterocycles. The van der Waals surface area contributed by atoms with Crippen LogP contribution in [0.4, 0.5) is 0 Å². The van der Waals surface area contributed by atoms with Crippen LogP contribution in [0.1, 0.15) is 23.6 Å². The largest absolute Gasteiger partial charge is 0.489 e. The molecule has 0 amide bonds. The zero-order chi connectivity index (χ0) is 17.3. The zero-order valence-corrected chi connectivity index (χ0v) is 14.0. The quantitative estimate of drug-likeness (QED) is 0.862. The van der Waals surface area contributed by atoms with Gasteiger partial charge >= 0.3 is 5.97 Å². The summed E-state index contributed by atoms with van der Waals surface area (Å²) in [6.45, 7) is 3.72. The summed E-state index contributed by atoms with van der Waals surface area (Å²) in [6.07, 6.45) is 0. The number of aliphatic hydroxyl groups is 1. The average Bonchev–Trinajstić information content (AvgIpc) is 2.71. The molecule has 0 aliphatic carbocycles. The number of ether oxygens (including phenoxy) is 2. The Morgan fingerprint density at radius 1 is 1.17 bits per heavy atom. The van der Waals surface area contributed by atoms with Crippen molar-refractivity contribution in [3.8, 4) is 5.75 Å². The summed E-state index contributed by atoms with van der Waals surface area (Å²) < 4.78 is 10.8. The molecule has 1 unspecified atom stereocenters. The first kappa shape index (κ1) is 16.3. The average molecular weight is 324 g/mol. The van der Waals surface area contributed by atoms with E-state index in [1.54, 1.807) is 12.1 Å². The minimum atomic E-state index is -1.58. The summed E-state index contributed by atoms with van der Waals surface area (Å²) in [4.78, 5) is 12.5. The fourth-order valence-corrected chi connectivity index (χ4v) is 3.13. The van der Waals surface area contributed by atoms with Crippen LogP contribution in [0.25, 0.3) is 5.57 Å².